The Morgan fingerprint density at radius 2 is 2.00 bits per heavy atom. The summed E-state index contributed by atoms with van der Waals surface area (Å²) < 4.78 is 0. The Bertz CT molecular complexity index is 284. The molecule has 4 heteroatoms. The number of nitrogens with one attached hydrogen (secondary N) is 2. The average molecular weight is 198 g/mol. The van der Waals surface area contributed by atoms with Crippen LogP contribution in [0.25, 0.3) is 0 Å². The fourth-order valence-electron chi connectivity index (χ4n) is 0.931. The standard InChI is InChI=1S/C9H10ClN2O/c10-5-6-12-8-3-1-7(2-4-8)9(11)13/h1-4,11-12H,5-6H2. The fourth-order valence-corrected chi connectivity index (χ4v) is 1.03. The molecule has 13 heavy (non-hydrogen) atoms. The molecule has 0 atom stereocenters. The topological polar surface area (TPSA) is 52.9 Å². The number of benzene rings is 1. The quantitative estimate of drug-likeness (QED) is 0.748. The van der Waals surface area contributed by atoms with E-state index in [1.807, 2.05) is 0 Å². The Kier molecular flexibility index (Phi) is 3.58. The first-order valence-corrected chi connectivity index (χ1v) is 4.43. The Hall–Kier alpha value is -1.22. The number of hydrogen-bond acceptors (Lipinski definition) is 2. The predicted molar refractivity (Wildman–Crippen MR) is 53.1 cm³/mol. The zero-order valence-corrected chi connectivity index (χ0v) is 7.77. The summed E-state index contributed by atoms with van der Waals surface area (Å²) in [5.41, 5.74) is 8.15. The van der Waals surface area contributed by atoms with Gasteiger partial charge in [0.1, 0.15) is 0 Å². The molecule has 0 aliphatic heterocycles. The summed E-state index contributed by atoms with van der Waals surface area (Å²) in [6, 6.07) is 6.75. The molecule has 1 aromatic rings. The van der Waals surface area contributed by atoms with E-state index >= 15 is 0 Å². The number of amides is 1. The molecule has 0 spiro atoms. The third-order valence-corrected chi connectivity index (χ3v) is 1.76. The van der Waals surface area contributed by atoms with Gasteiger partial charge >= 0.3 is 0 Å². The number of carbonyl (C=O) groups excluding carboxylic acids is 1. The maximum atomic E-state index is 10.6. The molecule has 3 nitrogen and oxygen atoms in total. The molecule has 0 aliphatic carbocycles. The Balaban J connectivity index is 2.64. The summed E-state index contributed by atoms with van der Waals surface area (Å²) in [4.78, 5) is 10.6. The van der Waals surface area contributed by atoms with Gasteiger partial charge in [0.05, 0.1) is 0 Å². The second kappa shape index (κ2) is 4.72. The minimum Gasteiger partial charge on any atom is -0.384 e. The largest absolute Gasteiger partial charge is 0.384 e. The minimum absolute atomic E-state index is 0.399. The molecule has 0 fully saturated rings. The monoisotopic (exact) mass is 197 g/mol. The van der Waals surface area contributed by atoms with Gasteiger partial charge < -0.3 is 5.32 Å². The molecule has 0 heterocycles. The number of hydrogen-bond donors (Lipinski definition) is 1. The van der Waals surface area contributed by atoms with Crippen LogP contribution in [-0.2, 0) is 0 Å². The number of carbonyl (C=O) groups is 1. The highest BCUT2D eigenvalue weighted by molar-refractivity contribution is 6.18. The Labute approximate surface area is 81.9 Å². The second-order valence-electron chi connectivity index (χ2n) is 2.52. The maximum Gasteiger partial charge on any atom is 0.269 e. The van der Waals surface area contributed by atoms with E-state index in [0.29, 0.717) is 18.0 Å². The van der Waals surface area contributed by atoms with Crippen molar-refractivity contribution in [3.8, 4) is 0 Å². The molecule has 1 radical (unpaired) electrons. The Morgan fingerprint density at radius 1 is 1.38 bits per heavy atom. The van der Waals surface area contributed by atoms with E-state index in [-0.39, 0.29) is 0 Å². The van der Waals surface area contributed by atoms with E-state index < -0.39 is 5.91 Å². The molecule has 0 unspecified atom stereocenters. The van der Waals surface area contributed by atoms with Gasteiger partial charge in [-0.15, -0.1) is 11.6 Å². The van der Waals surface area contributed by atoms with Gasteiger partial charge in [-0.1, -0.05) is 0 Å². The van der Waals surface area contributed by atoms with Gasteiger partial charge in [-0.3, -0.25) is 10.5 Å². The average Bonchev–Trinajstić information content (AvgIpc) is 2.15. The highest BCUT2D eigenvalue weighted by atomic mass is 35.5. The fraction of sp³-hybridized carbons (Fsp3) is 0.222. The van der Waals surface area contributed by atoms with Crippen LogP contribution in [0, 0.1) is 0 Å². The van der Waals surface area contributed by atoms with Crippen molar-refractivity contribution < 1.29 is 4.79 Å². The third kappa shape index (κ3) is 2.95. The van der Waals surface area contributed by atoms with Crippen molar-refractivity contribution in [1.29, 1.82) is 0 Å². The van der Waals surface area contributed by atoms with E-state index in [0.717, 1.165) is 5.69 Å². The summed E-state index contributed by atoms with van der Waals surface area (Å²) in [6.45, 7) is 0.690. The SMILES string of the molecule is [NH]C(=O)c1ccc(NCCCl)cc1. The van der Waals surface area contributed by atoms with E-state index in [1.54, 1.807) is 24.3 Å². The zero-order chi connectivity index (χ0) is 9.68. The normalized spacial score (nSPS) is 9.62. The number of halogens is 1. The van der Waals surface area contributed by atoms with Crippen molar-refractivity contribution in [2.24, 2.45) is 0 Å². The van der Waals surface area contributed by atoms with Crippen molar-refractivity contribution in [3.63, 3.8) is 0 Å². The first-order chi connectivity index (χ1) is 6.24. The summed E-state index contributed by atoms with van der Waals surface area (Å²) in [5, 5.41) is 3.06. The van der Waals surface area contributed by atoms with Crippen molar-refractivity contribution in [3.05, 3.63) is 29.8 Å². The molecule has 0 bridgehead atoms. The molecule has 1 aromatic carbocycles. The Morgan fingerprint density at radius 3 is 2.46 bits per heavy atom. The molecular formula is C9H10ClN2O. The third-order valence-electron chi connectivity index (χ3n) is 1.57. The van der Waals surface area contributed by atoms with Crippen LogP contribution in [0.2, 0.25) is 0 Å². The number of rotatable bonds is 4. The summed E-state index contributed by atoms with van der Waals surface area (Å²) >= 11 is 5.49. The lowest BCUT2D eigenvalue weighted by molar-refractivity contribution is 0.0992. The maximum absolute atomic E-state index is 10.6. The predicted octanol–water partition coefficient (Wildman–Crippen LogP) is 1.76. The molecule has 0 aromatic heterocycles. The molecule has 0 saturated heterocycles. The van der Waals surface area contributed by atoms with Gasteiger partial charge in [0.25, 0.3) is 5.91 Å². The van der Waals surface area contributed by atoms with Crippen LogP contribution >= 0.6 is 11.6 Å². The van der Waals surface area contributed by atoms with Crippen LogP contribution < -0.4 is 11.1 Å². The van der Waals surface area contributed by atoms with Crippen molar-refractivity contribution >= 4 is 23.2 Å². The molecule has 0 saturated carbocycles. The van der Waals surface area contributed by atoms with E-state index in [4.69, 9.17) is 17.3 Å². The lowest BCUT2D eigenvalue weighted by atomic mass is 10.2. The van der Waals surface area contributed by atoms with Crippen LogP contribution in [0.15, 0.2) is 24.3 Å². The van der Waals surface area contributed by atoms with E-state index in [2.05, 4.69) is 5.32 Å². The van der Waals surface area contributed by atoms with Gasteiger partial charge in [0.15, 0.2) is 0 Å². The van der Waals surface area contributed by atoms with Gasteiger partial charge in [-0.2, -0.15) is 0 Å². The van der Waals surface area contributed by atoms with Crippen molar-refractivity contribution in [2.45, 2.75) is 0 Å². The molecule has 0 aliphatic rings. The first kappa shape index (κ1) is 9.86. The zero-order valence-electron chi connectivity index (χ0n) is 7.01. The minimum atomic E-state index is -0.663. The summed E-state index contributed by atoms with van der Waals surface area (Å²) in [7, 11) is 0. The van der Waals surface area contributed by atoms with Crippen LogP contribution in [0.4, 0.5) is 5.69 Å². The van der Waals surface area contributed by atoms with Crippen molar-refractivity contribution in [1.82, 2.24) is 5.73 Å². The summed E-state index contributed by atoms with van der Waals surface area (Å²) in [5.74, 6) is -0.122. The van der Waals surface area contributed by atoms with Gasteiger partial charge in [-0.05, 0) is 24.3 Å². The summed E-state index contributed by atoms with van der Waals surface area (Å²) in [6.07, 6.45) is 0. The van der Waals surface area contributed by atoms with Gasteiger partial charge in [0.2, 0.25) is 0 Å². The van der Waals surface area contributed by atoms with Crippen LogP contribution in [0.3, 0.4) is 0 Å². The molecule has 1 rings (SSSR count). The highest BCUT2D eigenvalue weighted by Gasteiger charge is 1.99. The number of alkyl halides is 1. The first-order valence-electron chi connectivity index (χ1n) is 3.90. The van der Waals surface area contributed by atoms with E-state index in [9.17, 15) is 4.79 Å². The lowest BCUT2D eigenvalue weighted by Crippen LogP contribution is -2.03. The van der Waals surface area contributed by atoms with Gasteiger partial charge in [0, 0.05) is 23.7 Å². The lowest BCUT2D eigenvalue weighted by Gasteiger charge is -2.03. The van der Waals surface area contributed by atoms with Crippen LogP contribution in [-0.4, -0.2) is 18.3 Å². The smallest absolute Gasteiger partial charge is 0.269 e. The van der Waals surface area contributed by atoms with E-state index in [1.165, 1.54) is 0 Å². The highest BCUT2D eigenvalue weighted by Crippen LogP contribution is 2.08. The molecule has 2 N–H and O–H groups in total. The molecule has 69 valence electrons. The molecule has 1 amide bonds. The number of anilines is 1. The van der Waals surface area contributed by atoms with Crippen LogP contribution in [0.5, 0.6) is 0 Å². The molecular weight excluding hydrogens is 188 g/mol. The van der Waals surface area contributed by atoms with Gasteiger partial charge in [-0.25, -0.2) is 0 Å². The van der Waals surface area contributed by atoms with Crippen molar-refractivity contribution in [2.75, 3.05) is 17.7 Å². The second-order valence-corrected chi connectivity index (χ2v) is 2.90. The van der Waals surface area contributed by atoms with Crippen LogP contribution in [0.1, 0.15) is 10.4 Å².